The number of amides is 1. The summed E-state index contributed by atoms with van der Waals surface area (Å²) in [5.41, 5.74) is 0. The number of thiol groups is 1. The molecule has 0 aliphatic heterocycles. The number of aromatic nitrogens is 2. The van der Waals surface area contributed by atoms with Gasteiger partial charge >= 0.3 is 0 Å². The predicted molar refractivity (Wildman–Crippen MR) is 63.0 cm³/mol. The minimum Gasteiger partial charge on any atom is -0.354 e. The SMILES string of the molecule is CC(CNC(=O)CCCS)n1ccnc1. The molecule has 1 amide bonds. The highest BCUT2D eigenvalue weighted by molar-refractivity contribution is 7.80. The van der Waals surface area contributed by atoms with Gasteiger partial charge in [-0.25, -0.2) is 4.98 Å². The Labute approximate surface area is 95.5 Å². The maximum atomic E-state index is 11.3. The van der Waals surface area contributed by atoms with Gasteiger partial charge in [0.1, 0.15) is 0 Å². The normalized spacial score (nSPS) is 12.4. The Balaban J connectivity index is 2.22. The highest BCUT2D eigenvalue weighted by Gasteiger charge is 2.05. The van der Waals surface area contributed by atoms with Gasteiger partial charge in [0.15, 0.2) is 0 Å². The van der Waals surface area contributed by atoms with Gasteiger partial charge in [0, 0.05) is 31.4 Å². The first-order chi connectivity index (χ1) is 7.24. The molecular formula is C10H17N3OS. The van der Waals surface area contributed by atoms with Crippen molar-refractivity contribution in [2.45, 2.75) is 25.8 Å². The monoisotopic (exact) mass is 227 g/mol. The first-order valence-electron chi connectivity index (χ1n) is 5.09. The molecule has 1 rings (SSSR count). The molecule has 0 radical (unpaired) electrons. The zero-order valence-corrected chi connectivity index (χ0v) is 9.78. The molecule has 0 aliphatic rings. The Morgan fingerprint density at radius 3 is 3.07 bits per heavy atom. The van der Waals surface area contributed by atoms with Crippen LogP contribution in [0, 0.1) is 0 Å². The molecule has 1 atom stereocenters. The third-order valence-electron chi connectivity index (χ3n) is 2.19. The van der Waals surface area contributed by atoms with Crippen molar-refractivity contribution in [2.24, 2.45) is 0 Å². The molecule has 1 heterocycles. The number of carbonyl (C=O) groups is 1. The third kappa shape index (κ3) is 4.38. The molecule has 5 heteroatoms. The number of hydrogen-bond donors (Lipinski definition) is 2. The molecule has 0 saturated heterocycles. The lowest BCUT2D eigenvalue weighted by atomic mass is 10.3. The van der Waals surface area contributed by atoms with Crippen molar-refractivity contribution < 1.29 is 4.79 Å². The van der Waals surface area contributed by atoms with Gasteiger partial charge in [0.2, 0.25) is 5.91 Å². The van der Waals surface area contributed by atoms with Crippen LogP contribution in [0.5, 0.6) is 0 Å². The maximum Gasteiger partial charge on any atom is 0.220 e. The summed E-state index contributed by atoms with van der Waals surface area (Å²) in [6.07, 6.45) is 6.77. The number of hydrogen-bond acceptors (Lipinski definition) is 3. The van der Waals surface area contributed by atoms with E-state index in [-0.39, 0.29) is 11.9 Å². The van der Waals surface area contributed by atoms with Gasteiger partial charge in [0.25, 0.3) is 0 Å². The van der Waals surface area contributed by atoms with Crippen LogP contribution >= 0.6 is 12.6 Å². The molecule has 0 saturated carbocycles. The number of rotatable bonds is 6. The van der Waals surface area contributed by atoms with Gasteiger partial charge in [-0.15, -0.1) is 0 Å². The Morgan fingerprint density at radius 2 is 2.47 bits per heavy atom. The van der Waals surface area contributed by atoms with E-state index in [4.69, 9.17) is 0 Å². The Kier molecular flexibility index (Phi) is 5.25. The lowest BCUT2D eigenvalue weighted by Crippen LogP contribution is -2.29. The van der Waals surface area contributed by atoms with Crippen LogP contribution in [0.25, 0.3) is 0 Å². The van der Waals surface area contributed by atoms with Gasteiger partial charge in [-0.1, -0.05) is 0 Å². The van der Waals surface area contributed by atoms with Gasteiger partial charge < -0.3 is 9.88 Å². The summed E-state index contributed by atoms with van der Waals surface area (Å²) in [7, 11) is 0. The molecule has 15 heavy (non-hydrogen) atoms. The summed E-state index contributed by atoms with van der Waals surface area (Å²) in [6.45, 7) is 2.68. The quantitative estimate of drug-likeness (QED) is 0.719. The van der Waals surface area contributed by atoms with Crippen LogP contribution in [-0.2, 0) is 4.79 Å². The Hall–Kier alpha value is -0.970. The van der Waals surface area contributed by atoms with Crippen molar-refractivity contribution in [3.63, 3.8) is 0 Å². The van der Waals surface area contributed by atoms with E-state index >= 15 is 0 Å². The molecule has 4 nitrogen and oxygen atoms in total. The van der Waals surface area contributed by atoms with E-state index < -0.39 is 0 Å². The minimum atomic E-state index is 0.0935. The van der Waals surface area contributed by atoms with E-state index in [1.54, 1.807) is 12.5 Å². The standard InChI is InChI=1S/C10H17N3OS/c1-9(13-5-4-11-8-13)7-12-10(14)3-2-6-15/h4-5,8-9,15H,2-3,6-7H2,1H3,(H,12,14). The molecule has 84 valence electrons. The second-order valence-corrected chi connectivity index (χ2v) is 3.94. The largest absolute Gasteiger partial charge is 0.354 e. The molecule has 0 spiro atoms. The Morgan fingerprint density at radius 1 is 1.67 bits per heavy atom. The number of imidazole rings is 1. The highest BCUT2D eigenvalue weighted by atomic mass is 32.1. The summed E-state index contributed by atoms with van der Waals surface area (Å²) in [6, 6.07) is 0.243. The van der Waals surface area contributed by atoms with E-state index in [1.807, 2.05) is 17.7 Å². The fourth-order valence-electron chi connectivity index (χ4n) is 1.23. The van der Waals surface area contributed by atoms with Crippen molar-refractivity contribution in [1.29, 1.82) is 0 Å². The first kappa shape index (κ1) is 12.1. The molecular weight excluding hydrogens is 210 g/mol. The third-order valence-corrected chi connectivity index (χ3v) is 2.51. The van der Waals surface area contributed by atoms with E-state index in [2.05, 4.69) is 22.9 Å². The number of nitrogens with zero attached hydrogens (tertiary/aromatic N) is 2. The second-order valence-electron chi connectivity index (χ2n) is 3.49. The predicted octanol–water partition coefficient (Wildman–Crippen LogP) is 1.27. The van der Waals surface area contributed by atoms with E-state index in [0.717, 1.165) is 12.2 Å². The van der Waals surface area contributed by atoms with E-state index in [9.17, 15) is 4.79 Å². The number of nitrogens with one attached hydrogen (secondary N) is 1. The van der Waals surface area contributed by atoms with Crippen LogP contribution in [-0.4, -0.2) is 27.8 Å². The van der Waals surface area contributed by atoms with Gasteiger partial charge in [-0.05, 0) is 19.1 Å². The molecule has 1 N–H and O–H groups in total. The van der Waals surface area contributed by atoms with Crippen LogP contribution in [0.15, 0.2) is 18.7 Å². The van der Waals surface area contributed by atoms with Crippen LogP contribution in [0.2, 0.25) is 0 Å². The molecule has 0 bridgehead atoms. The molecule has 1 unspecified atom stereocenters. The fraction of sp³-hybridized carbons (Fsp3) is 0.600. The van der Waals surface area contributed by atoms with Crippen LogP contribution < -0.4 is 5.32 Å². The van der Waals surface area contributed by atoms with Crippen molar-refractivity contribution in [2.75, 3.05) is 12.3 Å². The topological polar surface area (TPSA) is 46.9 Å². The van der Waals surface area contributed by atoms with Gasteiger partial charge in [-0.2, -0.15) is 12.6 Å². The minimum absolute atomic E-state index is 0.0935. The highest BCUT2D eigenvalue weighted by Crippen LogP contribution is 2.02. The smallest absolute Gasteiger partial charge is 0.220 e. The lowest BCUT2D eigenvalue weighted by molar-refractivity contribution is -0.121. The van der Waals surface area contributed by atoms with Crippen molar-refractivity contribution in [1.82, 2.24) is 14.9 Å². The number of carbonyl (C=O) groups excluding carboxylic acids is 1. The first-order valence-corrected chi connectivity index (χ1v) is 5.72. The van der Waals surface area contributed by atoms with Crippen molar-refractivity contribution >= 4 is 18.5 Å². The van der Waals surface area contributed by atoms with Gasteiger partial charge in [-0.3, -0.25) is 4.79 Å². The van der Waals surface area contributed by atoms with Crippen LogP contribution in [0.3, 0.4) is 0 Å². The average Bonchev–Trinajstić information content (AvgIpc) is 2.76. The van der Waals surface area contributed by atoms with Crippen molar-refractivity contribution in [3.05, 3.63) is 18.7 Å². The van der Waals surface area contributed by atoms with Crippen LogP contribution in [0.4, 0.5) is 0 Å². The molecule has 0 fully saturated rings. The van der Waals surface area contributed by atoms with Crippen LogP contribution in [0.1, 0.15) is 25.8 Å². The van der Waals surface area contributed by atoms with Crippen molar-refractivity contribution in [3.8, 4) is 0 Å². The zero-order chi connectivity index (χ0) is 11.1. The van der Waals surface area contributed by atoms with E-state index in [1.165, 1.54) is 0 Å². The maximum absolute atomic E-state index is 11.3. The summed E-state index contributed by atoms with van der Waals surface area (Å²) in [4.78, 5) is 15.3. The van der Waals surface area contributed by atoms with Gasteiger partial charge in [0.05, 0.1) is 6.33 Å². The molecule has 1 aromatic rings. The summed E-state index contributed by atoms with van der Waals surface area (Å²) < 4.78 is 1.97. The average molecular weight is 227 g/mol. The van der Waals surface area contributed by atoms with E-state index in [0.29, 0.717) is 13.0 Å². The Bertz CT molecular complexity index is 287. The summed E-state index contributed by atoms with van der Waals surface area (Å²) >= 11 is 4.06. The summed E-state index contributed by atoms with van der Waals surface area (Å²) in [5, 5.41) is 2.88. The summed E-state index contributed by atoms with van der Waals surface area (Å²) in [5.74, 6) is 0.848. The molecule has 0 aliphatic carbocycles. The lowest BCUT2D eigenvalue weighted by Gasteiger charge is -2.13. The molecule has 0 aromatic carbocycles. The molecule has 1 aromatic heterocycles. The second kappa shape index (κ2) is 6.50. The fourth-order valence-corrected chi connectivity index (χ4v) is 1.38. The zero-order valence-electron chi connectivity index (χ0n) is 8.89.